The number of quaternary nitrogens is 1. The largest absolute Gasteiger partial charge is 0.456 e. The van der Waals surface area contributed by atoms with E-state index in [9.17, 15) is 19.8 Å². The highest BCUT2D eigenvalue weighted by molar-refractivity contribution is 6.18. The number of hydrogen-bond donors (Lipinski definition) is 3. The average molecular weight is 359 g/mol. The molecule has 4 rings (SSSR count). The number of carbonyl (C=O) groups excluding carboxylic acids is 2. The van der Waals surface area contributed by atoms with Crippen molar-refractivity contribution in [3.63, 3.8) is 0 Å². The van der Waals surface area contributed by atoms with Crippen LogP contribution in [0.3, 0.4) is 0 Å². The quantitative estimate of drug-likeness (QED) is 0.593. The molecule has 0 amide bonds. The Kier molecular flexibility index (Phi) is 3.80. The van der Waals surface area contributed by atoms with E-state index in [1.165, 1.54) is 17.9 Å². The Morgan fingerprint density at radius 3 is 2.81 bits per heavy atom. The van der Waals surface area contributed by atoms with Crippen LogP contribution in [0, 0.1) is 5.92 Å². The first-order valence-electron chi connectivity index (χ1n) is 8.96. The fourth-order valence-corrected chi connectivity index (χ4v) is 4.55. The van der Waals surface area contributed by atoms with E-state index in [-0.39, 0.29) is 22.9 Å². The molecule has 1 saturated heterocycles. The van der Waals surface area contributed by atoms with Crippen molar-refractivity contribution >= 4 is 17.5 Å². The van der Waals surface area contributed by atoms with Gasteiger partial charge in [-0.15, -0.1) is 0 Å². The molecule has 0 saturated carbocycles. The molecule has 2 heterocycles. The van der Waals surface area contributed by atoms with Crippen molar-refractivity contribution in [2.75, 3.05) is 20.1 Å². The van der Waals surface area contributed by atoms with Crippen molar-refractivity contribution in [1.29, 1.82) is 0 Å². The monoisotopic (exact) mass is 359 g/mol. The lowest BCUT2D eigenvalue weighted by Crippen LogP contribution is -3.11. The summed E-state index contributed by atoms with van der Waals surface area (Å²) in [4.78, 5) is 31.2. The van der Waals surface area contributed by atoms with Crippen LogP contribution < -0.4 is 4.90 Å². The van der Waals surface area contributed by atoms with Crippen molar-refractivity contribution in [2.45, 2.75) is 37.2 Å². The number of likely N-dealkylation sites (tertiary alicyclic amines) is 1. The molecule has 26 heavy (non-hydrogen) atoms. The minimum atomic E-state index is -2.36. The Labute approximate surface area is 151 Å². The Morgan fingerprint density at radius 2 is 2.08 bits per heavy atom. The summed E-state index contributed by atoms with van der Waals surface area (Å²) in [5.74, 6) is -2.70. The van der Waals surface area contributed by atoms with Gasteiger partial charge in [-0.25, -0.2) is 0 Å². The Morgan fingerprint density at radius 1 is 1.35 bits per heavy atom. The van der Waals surface area contributed by atoms with Gasteiger partial charge in [0, 0.05) is 23.3 Å². The van der Waals surface area contributed by atoms with E-state index in [4.69, 9.17) is 4.74 Å². The SMILES string of the molecule is CC1=N[C@]2(O)c3ccccc3C(=O)[C@@]2(O)C1C(=O)O[C@@H]1CCC[NH+](C)C1. The topological polar surface area (TPSA) is 101 Å². The number of ketones is 1. The Hall–Kier alpha value is -2.09. The number of ether oxygens (including phenoxy) is 1. The summed E-state index contributed by atoms with van der Waals surface area (Å²) >= 11 is 0. The van der Waals surface area contributed by atoms with Crippen LogP contribution in [0.5, 0.6) is 0 Å². The number of aliphatic imine (C=N–C) groups is 1. The maximum atomic E-state index is 12.9. The summed E-state index contributed by atoms with van der Waals surface area (Å²) in [5, 5.41) is 22.3. The summed E-state index contributed by atoms with van der Waals surface area (Å²) in [6.45, 7) is 3.25. The van der Waals surface area contributed by atoms with Crippen molar-refractivity contribution in [1.82, 2.24) is 0 Å². The molecule has 7 nitrogen and oxygen atoms in total. The van der Waals surface area contributed by atoms with Crippen molar-refractivity contribution < 1.29 is 29.4 Å². The van der Waals surface area contributed by atoms with E-state index < -0.39 is 29.0 Å². The van der Waals surface area contributed by atoms with Gasteiger partial charge in [-0.3, -0.25) is 14.6 Å². The van der Waals surface area contributed by atoms with Gasteiger partial charge in [-0.2, -0.15) is 0 Å². The molecule has 7 heteroatoms. The van der Waals surface area contributed by atoms with Gasteiger partial charge in [0.05, 0.1) is 13.6 Å². The molecule has 3 aliphatic rings. The van der Waals surface area contributed by atoms with Crippen molar-refractivity contribution in [3.8, 4) is 0 Å². The van der Waals surface area contributed by atoms with E-state index >= 15 is 0 Å². The first-order chi connectivity index (χ1) is 12.3. The van der Waals surface area contributed by atoms with E-state index in [1.807, 2.05) is 7.05 Å². The zero-order chi connectivity index (χ0) is 18.7. The van der Waals surface area contributed by atoms with Crippen LogP contribution in [0.1, 0.15) is 35.7 Å². The fraction of sp³-hybridized carbons (Fsp3) is 0.526. The number of carbonyl (C=O) groups is 2. The minimum Gasteiger partial charge on any atom is -0.456 e. The predicted molar refractivity (Wildman–Crippen MR) is 92.0 cm³/mol. The maximum Gasteiger partial charge on any atom is 0.318 e. The Balaban J connectivity index is 1.68. The molecule has 5 atom stereocenters. The van der Waals surface area contributed by atoms with Crippen LogP contribution in [0.25, 0.3) is 0 Å². The lowest BCUT2D eigenvalue weighted by molar-refractivity contribution is -0.888. The number of likely N-dealkylation sites (N-methyl/N-ethyl adjacent to an activating group) is 1. The molecule has 0 radical (unpaired) electrons. The summed E-state index contributed by atoms with van der Waals surface area (Å²) in [6.07, 6.45) is 1.43. The first kappa shape index (κ1) is 17.3. The van der Waals surface area contributed by atoms with E-state index in [0.717, 1.165) is 19.4 Å². The van der Waals surface area contributed by atoms with Crippen LogP contribution in [-0.4, -0.2) is 59.5 Å². The second kappa shape index (κ2) is 5.70. The number of rotatable bonds is 2. The molecule has 0 aromatic heterocycles. The highest BCUT2D eigenvalue weighted by Gasteiger charge is 2.72. The Bertz CT molecular complexity index is 822. The second-order valence-corrected chi connectivity index (χ2v) is 7.61. The normalized spacial score (nSPS) is 38.5. The number of benzene rings is 1. The maximum absolute atomic E-state index is 12.9. The number of piperidine rings is 1. The summed E-state index contributed by atoms with van der Waals surface area (Å²) in [7, 11) is 2.03. The number of aliphatic hydroxyl groups is 2. The summed E-state index contributed by atoms with van der Waals surface area (Å²) in [5.41, 5.74) is -3.88. The van der Waals surface area contributed by atoms with Crippen molar-refractivity contribution in [2.24, 2.45) is 10.9 Å². The molecule has 1 aromatic rings. The number of nitrogens with one attached hydrogen (secondary N) is 1. The van der Waals surface area contributed by atoms with E-state index in [2.05, 4.69) is 4.99 Å². The third-order valence-corrected chi connectivity index (χ3v) is 5.82. The molecule has 138 valence electrons. The van der Waals surface area contributed by atoms with Crippen LogP contribution >= 0.6 is 0 Å². The molecule has 0 spiro atoms. The summed E-state index contributed by atoms with van der Waals surface area (Å²) < 4.78 is 5.62. The van der Waals surface area contributed by atoms with Crippen molar-refractivity contribution in [3.05, 3.63) is 35.4 Å². The fourth-order valence-electron chi connectivity index (χ4n) is 4.55. The van der Waals surface area contributed by atoms with Gasteiger partial charge in [0.1, 0.15) is 12.5 Å². The molecule has 2 aliphatic heterocycles. The van der Waals surface area contributed by atoms with Crippen LogP contribution in [0.15, 0.2) is 29.3 Å². The highest BCUT2D eigenvalue weighted by Crippen LogP contribution is 2.53. The minimum absolute atomic E-state index is 0.188. The van der Waals surface area contributed by atoms with Gasteiger partial charge in [0.2, 0.25) is 11.5 Å². The van der Waals surface area contributed by atoms with Gasteiger partial charge in [0.25, 0.3) is 0 Å². The third-order valence-electron chi connectivity index (χ3n) is 5.82. The second-order valence-electron chi connectivity index (χ2n) is 7.61. The smallest absolute Gasteiger partial charge is 0.318 e. The predicted octanol–water partition coefficient (Wildman–Crippen LogP) is -0.930. The van der Waals surface area contributed by atoms with Gasteiger partial charge in [-0.1, -0.05) is 24.3 Å². The first-order valence-corrected chi connectivity index (χ1v) is 8.96. The molecular formula is C19H23N2O5+. The zero-order valence-electron chi connectivity index (χ0n) is 14.9. The number of fused-ring (bicyclic) bond motifs is 3. The standard InChI is InChI=1S/C19H22N2O5/c1-11-15(17(23)26-12-6-5-9-21(2)10-12)18(24)16(22)13-7-3-4-8-14(13)19(18,25)20-11/h3-4,7-8,12,15,24-25H,5-6,9-10H2,1-2H3/p+1/t12-,15?,18+,19+/m1/s1. The molecular weight excluding hydrogens is 336 g/mol. The average Bonchev–Trinajstić information content (AvgIpc) is 2.90. The van der Waals surface area contributed by atoms with Gasteiger partial charge in [0.15, 0.2) is 11.7 Å². The van der Waals surface area contributed by atoms with Crippen LogP contribution in [-0.2, 0) is 15.3 Å². The lowest BCUT2D eigenvalue weighted by atomic mass is 9.79. The van der Waals surface area contributed by atoms with Gasteiger partial charge < -0.3 is 19.8 Å². The molecule has 3 N–H and O–H groups in total. The van der Waals surface area contributed by atoms with Crippen LogP contribution in [0.4, 0.5) is 0 Å². The van der Waals surface area contributed by atoms with E-state index in [0.29, 0.717) is 6.54 Å². The number of Topliss-reactive ketones (excluding diaryl/α,β-unsaturated/α-hetero) is 1. The molecule has 2 unspecified atom stereocenters. The van der Waals surface area contributed by atoms with Crippen LogP contribution in [0.2, 0.25) is 0 Å². The zero-order valence-corrected chi connectivity index (χ0v) is 14.9. The molecule has 1 fully saturated rings. The number of hydrogen-bond acceptors (Lipinski definition) is 6. The van der Waals surface area contributed by atoms with Gasteiger partial charge in [-0.05, 0) is 13.3 Å². The highest BCUT2D eigenvalue weighted by atomic mass is 16.5. The third kappa shape index (κ3) is 2.14. The summed E-state index contributed by atoms with van der Waals surface area (Å²) in [6, 6.07) is 6.38. The molecule has 1 aromatic carbocycles. The lowest BCUT2D eigenvalue weighted by Gasteiger charge is -2.33. The van der Waals surface area contributed by atoms with Gasteiger partial charge >= 0.3 is 5.97 Å². The molecule has 1 aliphatic carbocycles. The van der Waals surface area contributed by atoms with E-state index in [1.54, 1.807) is 18.2 Å². The molecule has 0 bridgehead atoms. The number of esters is 1. The number of nitrogens with zero attached hydrogens (tertiary/aromatic N) is 1.